The van der Waals surface area contributed by atoms with Crippen LogP contribution in [0.1, 0.15) is 37.0 Å². The number of carboxylic acid groups (broad SMARTS) is 1. The minimum absolute atomic E-state index is 0.148. The zero-order chi connectivity index (χ0) is 18.6. The zero-order valence-corrected chi connectivity index (χ0v) is 15.3. The highest BCUT2D eigenvalue weighted by atomic mass is 32.2. The van der Waals surface area contributed by atoms with E-state index in [2.05, 4.69) is 0 Å². The average Bonchev–Trinajstić information content (AvgIpc) is 2.62. The van der Waals surface area contributed by atoms with Crippen LogP contribution in [0.25, 0.3) is 0 Å². The molecule has 2 rings (SSSR count). The van der Waals surface area contributed by atoms with Crippen molar-refractivity contribution in [2.24, 2.45) is 5.92 Å². The topological polar surface area (TPSA) is 95.0 Å². The molecule has 1 amide bonds. The van der Waals surface area contributed by atoms with Gasteiger partial charge in [-0.25, -0.2) is 8.42 Å². The maximum Gasteiger partial charge on any atom is 0.308 e. The largest absolute Gasteiger partial charge is 0.481 e. The van der Waals surface area contributed by atoms with Crippen LogP contribution >= 0.6 is 0 Å². The molecular weight excluding hydrogens is 344 g/mol. The highest BCUT2D eigenvalue weighted by Gasteiger charge is 2.29. The lowest BCUT2D eigenvalue weighted by Crippen LogP contribution is -2.42. The lowest BCUT2D eigenvalue weighted by molar-refractivity contribution is -0.143. The molecule has 1 aliphatic rings. The van der Waals surface area contributed by atoms with Crippen LogP contribution in [-0.2, 0) is 14.8 Å². The molecule has 1 fully saturated rings. The molecule has 138 valence electrons. The van der Waals surface area contributed by atoms with Crippen molar-refractivity contribution in [1.82, 2.24) is 9.21 Å². The van der Waals surface area contributed by atoms with E-state index in [-0.39, 0.29) is 17.3 Å². The number of hydrogen-bond donors (Lipinski definition) is 1. The third-order valence-corrected chi connectivity index (χ3v) is 6.57. The summed E-state index contributed by atoms with van der Waals surface area (Å²) in [7, 11) is -3.56. The van der Waals surface area contributed by atoms with Crippen LogP contribution in [0.3, 0.4) is 0 Å². The van der Waals surface area contributed by atoms with E-state index in [0.717, 1.165) is 0 Å². The van der Waals surface area contributed by atoms with Crippen LogP contribution in [-0.4, -0.2) is 60.8 Å². The molecule has 0 spiro atoms. The molecule has 1 heterocycles. The normalized spacial score (nSPS) is 18.4. The first-order chi connectivity index (χ1) is 11.8. The summed E-state index contributed by atoms with van der Waals surface area (Å²) in [5, 5.41) is 9.12. The smallest absolute Gasteiger partial charge is 0.308 e. The summed E-state index contributed by atoms with van der Waals surface area (Å²) in [5.41, 5.74) is 0.365. The van der Waals surface area contributed by atoms with Crippen LogP contribution in [0, 0.1) is 5.92 Å². The Morgan fingerprint density at radius 3 is 2.32 bits per heavy atom. The predicted octanol–water partition coefficient (Wildman–Crippen LogP) is 1.65. The molecular formula is C17H24N2O5S. The van der Waals surface area contributed by atoms with Crippen molar-refractivity contribution in [3.8, 4) is 0 Å². The second-order valence-electron chi connectivity index (χ2n) is 6.04. The predicted molar refractivity (Wildman–Crippen MR) is 92.8 cm³/mol. The van der Waals surface area contributed by atoms with E-state index in [1.165, 1.54) is 33.5 Å². The molecule has 0 saturated carbocycles. The Balaban J connectivity index is 2.17. The summed E-state index contributed by atoms with van der Waals surface area (Å²) in [6.07, 6.45) is 1.22. The fourth-order valence-corrected chi connectivity index (χ4v) is 4.49. The zero-order valence-electron chi connectivity index (χ0n) is 14.5. The summed E-state index contributed by atoms with van der Waals surface area (Å²) in [6.45, 7) is 5.01. The van der Waals surface area contributed by atoms with Gasteiger partial charge in [0, 0.05) is 31.7 Å². The Morgan fingerprint density at radius 1 is 1.20 bits per heavy atom. The number of benzene rings is 1. The summed E-state index contributed by atoms with van der Waals surface area (Å²) < 4.78 is 26.3. The van der Waals surface area contributed by atoms with Gasteiger partial charge in [0.25, 0.3) is 5.91 Å². The first kappa shape index (κ1) is 19.4. The molecule has 1 saturated heterocycles. The Hall–Kier alpha value is -1.93. The molecule has 1 aromatic rings. The number of carbonyl (C=O) groups excluding carboxylic acids is 1. The van der Waals surface area contributed by atoms with Crippen molar-refractivity contribution >= 4 is 21.9 Å². The van der Waals surface area contributed by atoms with Crippen LogP contribution < -0.4 is 0 Å². The first-order valence-electron chi connectivity index (χ1n) is 8.43. The van der Waals surface area contributed by atoms with Gasteiger partial charge in [-0.15, -0.1) is 0 Å². The maximum atomic E-state index is 12.5. The lowest BCUT2D eigenvalue weighted by atomic mass is 9.97. The number of carbonyl (C=O) groups is 2. The highest BCUT2D eigenvalue weighted by molar-refractivity contribution is 7.89. The van der Waals surface area contributed by atoms with E-state index in [0.29, 0.717) is 38.0 Å². The molecule has 8 heteroatoms. The standard InChI is InChI=1S/C17H24N2O5S/c1-3-19(4-2)25(23,24)15-9-7-13(8-10-15)16(20)18-11-5-6-14(12-18)17(21)22/h7-10,14H,3-6,11-12H2,1-2H3,(H,21,22). The second-order valence-corrected chi connectivity index (χ2v) is 7.98. The minimum Gasteiger partial charge on any atom is -0.481 e. The average molecular weight is 368 g/mol. The van der Waals surface area contributed by atoms with Gasteiger partial charge in [0.1, 0.15) is 0 Å². The van der Waals surface area contributed by atoms with Crippen molar-refractivity contribution in [3.05, 3.63) is 29.8 Å². The molecule has 0 aromatic heterocycles. The highest BCUT2D eigenvalue weighted by Crippen LogP contribution is 2.21. The van der Waals surface area contributed by atoms with Crippen LogP contribution in [0.5, 0.6) is 0 Å². The molecule has 1 N–H and O–H groups in total. The molecule has 25 heavy (non-hydrogen) atoms. The van der Waals surface area contributed by atoms with E-state index in [1.807, 2.05) is 0 Å². The van der Waals surface area contributed by atoms with E-state index in [9.17, 15) is 18.0 Å². The van der Waals surface area contributed by atoms with Crippen molar-refractivity contribution in [1.29, 1.82) is 0 Å². The number of sulfonamides is 1. The molecule has 1 aromatic carbocycles. The van der Waals surface area contributed by atoms with E-state index < -0.39 is 21.9 Å². The molecule has 7 nitrogen and oxygen atoms in total. The van der Waals surface area contributed by atoms with Gasteiger partial charge in [-0.3, -0.25) is 9.59 Å². The lowest BCUT2D eigenvalue weighted by Gasteiger charge is -2.30. The van der Waals surface area contributed by atoms with Crippen LogP contribution in [0.2, 0.25) is 0 Å². The molecule has 1 aliphatic heterocycles. The number of amides is 1. The third-order valence-electron chi connectivity index (χ3n) is 4.50. The summed E-state index contributed by atoms with van der Waals surface area (Å²) in [6, 6.07) is 5.84. The van der Waals surface area contributed by atoms with Gasteiger partial charge in [0.05, 0.1) is 10.8 Å². The molecule has 0 bridgehead atoms. The van der Waals surface area contributed by atoms with Crippen molar-refractivity contribution in [2.45, 2.75) is 31.6 Å². The maximum absolute atomic E-state index is 12.5. The summed E-state index contributed by atoms with van der Waals surface area (Å²) in [5.74, 6) is -1.70. The summed E-state index contributed by atoms with van der Waals surface area (Å²) in [4.78, 5) is 25.3. The number of aliphatic carboxylic acids is 1. The van der Waals surface area contributed by atoms with Gasteiger partial charge < -0.3 is 10.0 Å². The number of likely N-dealkylation sites (tertiary alicyclic amines) is 1. The number of piperidine rings is 1. The van der Waals surface area contributed by atoms with Gasteiger partial charge in [0.2, 0.25) is 10.0 Å². The molecule has 1 atom stereocenters. The van der Waals surface area contributed by atoms with Gasteiger partial charge in [-0.2, -0.15) is 4.31 Å². The van der Waals surface area contributed by atoms with Crippen molar-refractivity contribution in [3.63, 3.8) is 0 Å². The molecule has 1 unspecified atom stereocenters. The molecule has 0 aliphatic carbocycles. The van der Waals surface area contributed by atoms with Gasteiger partial charge in [-0.05, 0) is 37.1 Å². The van der Waals surface area contributed by atoms with Gasteiger partial charge in [0.15, 0.2) is 0 Å². The first-order valence-corrected chi connectivity index (χ1v) is 9.87. The van der Waals surface area contributed by atoms with E-state index in [4.69, 9.17) is 5.11 Å². The fraction of sp³-hybridized carbons (Fsp3) is 0.529. The Labute approximate surface area is 148 Å². The number of rotatable bonds is 6. The van der Waals surface area contributed by atoms with Crippen molar-refractivity contribution in [2.75, 3.05) is 26.2 Å². The van der Waals surface area contributed by atoms with Gasteiger partial charge in [-0.1, -0.05) is 13.8 Å². The van der Waals surface area contributed by atoms with Crippen LogP contribution in [0.15, 0.2) is 29.2 Å². The minimum atomic E-state index is -3.56. The SMILES string of the molecule is CCN(CC)S(=O)(=O)c1ccc(C(=O)N2CCCC(C(=O)O)C2)cc1. The third kappa shape index (κ3) is 4.19. The Kier molecular flexibility index (Phi) is 6.18. The fourth-order valence-electron chi connectivity index (χ4n) is 3.03. The monoisotopic (exact) mass is 368 g/mol. The Morgan fingerprint density at radius 2 is 1.80 bits per heavy atom. The van der Waals surface area contributed by atoms with Crippen molar-refractivity contribution < 1.29 is 23.1 Å². The number of hydrogen-bond acceptors (Lipinski definition) is 4. The molecule has 0 radical (unpaired) electrons. The Bertz CT molecular complexity index is 726. The van der Waals surface area contributed by atoms with E-state index in [1.54, 1.807) is 13.8 Å². The van der Waals surface area contributed by atoms with Crippen LogP contribution in [0.4, 0.5) is 0 Å². The van der Waals surface area contributed by atoms with E-state index >= 15 is 0 Å². The van der Waals surface area contributed by atoms with Gasteiger partial charge >= 0.3 is 5.97 Å². The quantitative estimate of drug-likeness (QED) is 0.824. The number of carboxylic acids is 1. The summed E-state index contributed by atoms with van der Waals surface area (Å²) >= 11 is 0. The second kappa shape index (κ2) is 7.97. The number of nitrogens with zero attached hydrogens (tertiary/aromatic N) is 2.